The molecule has 0 aliphatic carbocycles. The first kappa shape index (κ1) is 9.75. The first-order valence-electron chi connectivity index (χ1n) is 4.35. The molecule has 0 saturated heterocycles. The number of aryl methyl sites for hydroxylation is 1. The monoisotopic (exact) mass is 218 g/mol. The maximum absolute atomic E-state index is 11.5. The van der Waals surface area contributed by atoms with Crippen molar-refractivity contribution in [2.45, 2.75) is 6.92 Å². The number of rotatable bonds is 0. The van der Waals surface area contributed by atoms with Crippen molar-refractivity contribution < 1.29 is 0 Å². The minimum absolute atomic E-state index is 0.143. The number of benzene rings is 1. The SMILES string of the molecule is Cc1c(C#N)c(=O)[nH]c2ccc(Cl)cc12. The normalized spacial score (nSPS) is 10.2. The number of hydrogen-bond acceptors (Lipinski definition) is 2. The van der Waals surface area contributed by atoms with Crippen molar-refractivity contribution >= 4 is 22.5 Å². The van der Waals surface area contributed by atoms with E-state index in [0.717, 1.165) is 5.39 Å². The van der Waals surface area contributed by atoms with E-state index in [1.54, 1.807) is 25.1 Å². The Labute approximate surface area is 90.9 Å². The smallest absolute Gasteiger partial charge is 0.266 e. The fraction of sp³-hybridized carbons (Fsp3) is 0.0909. The second kappa shape index (κ2) is 3.41. The molecule has 1 aromatic carbocycles. The molecule has 2 aromatic rings. The van der Waals surface area contributed by atoms with Crippen molar-refractivity contribution in [2.24, 2.45) is 0 Å². The molecule has 0 radical (unpaired) electrons. The molecule has 1 N–H and O–H groups in total. The van der Waals surface area contributed by atoms with Crippen LogP contribution >= 0.6 is 11.6 Å². The predicted molar refractivity (Wildman–Crippen MR) is 59.0 cm³/mol. The van der Waals surface area contributed by atoms with Crippen LogP contribution in [0.4, 0.5) is 0 Å². The van der Waals surface area contributed by atoms with E-state index in [1.165, 1.54) is 0 Å². The van der Waals surface area contributed by atoms with Crippen LogP contribution in [-0.4, -0.2) is 4.98 Å². The summed E-state index contributed by atoms with van der Waals surface area (Å²) >= 11 is 5.85. The Morgan fingerprint density at radius 1 is 1.47 bits per heavy atom. The summed E-state index contributed by atoms with van der Waals surface area (Å²) in [4.78, 5) is 14.1. The lowest BCUT2D eigenvalue weighted by atomic mass is 10.1. The molecule has 0 aliphatic heterocycles. The van der Waals surface area contributed by atoms with E-state index in [0.29, 0.717) is 16.1 Å². The third-order valence-electron chi connectivity index (χ3n) is 2.35. The van der Waals surface area contributed by atoms with Crippen molar-refractivity contribution in [3.63, 3.8) is 0 Å². The van der Waals surface area contributed by atoms with Gasteiger partial charge in [0, 0.05) is 15.9 Å². The number of halogens is 1. The summed E-state index contributed by atoms with van der Waals surface area (Å²) in [7, 11) is 0. The van der Waals surface area contributed by atoms with Gasteiger partial charge < -0.3 is 4.98 Å². The second-order valence-corrected chi connectivity index (χ2v) is 3.69. The Morgan fingerprint density at radius 3 is 2.87 bits per heavy atom. The van der Waals surface area contributed by atoms with E-state index < -0.39 is 0 Å². The zero-order valence-corrected chi connectivity index (χ0v) is 8.72. The highest BCUT2D eigenvalue weighted by atomic mass is 35.5. The molecule has 15 heavy (non-hydrogen) atoms. The largest absolute Gasteiger partial charge is 0.321 e. The molecule has 0 aliphatic rings. The molecule has 0 amide bonds. The van der Waals surface area contributed by atoms with Crippen LogP contribution in [0.2, 0.25) is 5.02 Å². The number of H-pyrrole nitrogens is 1. The predicted octanol–water partition coefficient (Wildman–Crippen LogP) is 2.36. The average molecular weight is 219 g/mol. The minimum atomic E-state index is -0.357. The lowest BCUT2D eigenvalue weighted by molar-refractivity contribution is 1.24. The molecule has 1 heterocycles. The molecular weight excluding hydrogens is 212 g/mol. The number of nitriles is 1. The number of fused-ring (bicyclic) bond motifs is 1. The van der Waals surface area contributed by atoms with E-state index >= 15 is 0 Å². The summed E-state index contributed by atoms with van der Waals surface area (Å²) in [6, 6.07) is 7.06. The summed E-state index contributed by atoms with van der Waals surface area (Å²) in [5, 5.41) is 10.2. The molecule has 0 spiro atoms. The van der Waals surface area contributed by atoms with Gasteiger partial charge >= 0.3 is 0 Å². The van der Waals surface area contributed by atoms with E-state index in [1.807, 2.05) is 6.07 Å². The summed E-state index contributed by atoms with van der Waals surface area (Å²) in [6.07, 6.45) is 0. The van der Waals surface area contributed by atoms with Crippen LogP contribution in [-0.2, 0) is 0 Å². The lowest BCUT2D eigenvalue weighted by Gasteiger charge is -2.03. The maximum atomic E-state index is 11.5. The fourth-order valence-corrected chi connectivity index (χ4v) is 1.73. The van der Waals surface area contributed by atoms with Gasteiger partial charge in [-0.25, -0.2) is 0 Å². The molecule has 3 nitrogen and oxygen atoms in total. The van der Waals surface area contributed by atoms with Gasteiger partial charge in [0.2, 0.25) is 0 Å². The van der Waals surface area contributed by atoms with Crippen LogP contribution < -0.4 is 5.56 Å². The van der Waals surface area contributed by atoms with Gasteiger partial charge in [-0.2, -0.15) is 5.26 Å². The first-order valence-corrected chi connectivity index (χ1v) is 4.73. The molecular formula is C11H7ClN2O. The number of aromatic nitrogens is 1. The van der Waals surface area contributed by atoms with E-state index in [4.69, 9.17) is 16.9 Å². The minimum Gasteiger partial charge on any atom is -0.321 e. The second-order valence-electron chi connectivity index (χ2n) is 3.26. The lowest BCUT2D eigenvalue weighted by Crippen LogP contribution is -2.12. The molecule has 0 fully saturated rings. The van der Waals surface area contributed by atoms with Crippen molar-refractivity contribution in [2.75, 3.05) is 0 Å². The Morgan fingerprint density at radius 2 is 2.20 bits per heavy atom. The molecule has 2 rings (SSSR count). The quantitative estimate of drug-likeness (QED) is 0.738. The summed E-state index contributed by atoms with van der Waals surface area (Å²) in [5.74, 6) is 0. The van der Waals surface area contributed by atoms with Gasteiger partial charge in [0.05, 0.1) is 0 Å². The van der Waals surface area contributed by atoms with Crippen LogP contribution in [0.5, 0.6) is 0 Å². The number of nitrogens with zero attached hydrogens (tertiary/aromatic N) is 1. The van der Waals surface area contributed by atoms with E-state index in [2.05, 4.69) is 4.98 Å². The van der Waals surface area contributed by atoms with Crippen LogP contribution in [0, 0.1) is 18.3 Å². The highest BCUT2D eigenvalue weighted by molar-refractivity contribution is 6.31. The van der Waals surface area contributed by atoms with Gasteiger partial charge in [-0.15, -0.1) is 0 Å². The summed E-state index contributed by atoms with van der Waals surface area (Å²) in [5.41, 5.74) is 1.15. The molecule has 0 unspecified atom stereocenters. The summed E-state index contributed by atoms with van der Waals surface area (Å²) in [6.45, 7) is 1.74. The number of aromatic amines is 1. The number of pyridine rings is 1. The highest BCUT2D eigenvalue weighted by Gasteiger charge is 2.08. The molecule has 4 heteroatoms. The van der Waals surface area contributed by atoms with Crippen molar-refractivity contribution in [1.82, 2.24) is 4.98 Å². The van der Waals surface area contributed by atoms with Gasteiger partial charge in [-0.05, 0) is 30.7 Å². The molecule has 1 aromatic heterocycles. The Kier molecular flexibility index (Phi) is 2.22. The van der Waals surface area contributed by atoms with Crippen molar-refractivity contribution in [1.29, 1.82) is 5.26 Å². The Hall–Kier alpha value is -1.79. The molecule has 0 bridgehead atoms. The Bertz CT molecular complexity index is 637. The zero-order valence-electron chi connectivity index (χ0n) is 7.97. The topological polar surface area (TPSA) is 56.6 Å². The van der Waals surface area contributed by atoms with Gasteiger partial charge in [0.25, 0.3) is 5.56 Å². The zero-order chi connectivity index (χ0) is 11.0. The summed E-state index contributed by atoms with van der Waals surface area (Å²) < 4.78 is 0. The van der Waals surface area contributed by atoms with Crippen LogP contribution in [0.25, 0.3) is 10.9 Å². The van der Waals surface area contributed by atoms with Gasteiger partial charge in [-0.3, -0.25) is 4.79 Å². The third-order valence-corrected chi connectivity index (χ3v) is 2.58. The molecule has 74 valence electrons. The Balaban J connectivity index is 3.00. The first-order chi connectivity index (χ1) is 7.13. The van der Waals surface area contributed by atoms with Crippen LogP contribution in [0.3, 0.4) is 0 Å². The van der Waals surface area contributed by atoms with Gasteiger partial charge in [0.15, 0.2) is 0 Å². The number of hydrogen-bond donors (Lipinski definition) is 1. The highest BCUT2D eigenvalue weighted by Crippen LogP contribution is 2.21. The fourth-order valence-electron chi connectivity index (χ4n) is 1.56. The van der Waals surface area contributed by atoms with Gasteiger partial charge in [0.1, 0.15) is 11.6 Å². The van der Waals surface area contributed by atoms with E-state index in [-0.39, 0.29) is 11.1 Å². The average Bonchev–Trinajstić information content (AvgIpc) is 2.20. The third kappa shape index (κ3) is 1.49. The molecule has 0 atom stereocenters. The van der Waals surface area contributed by atoms with Gasteiger partial charge in [-0.1, -0.05) is 11.6 Å². The van der Waals surface area contributed by atoms with Crippen molar-refractivity contribution in [3.8, 4) is 6.07 Å². The van der Waals surface area contributed by atoms with Crippen LogP contribution in [0.15, 0.2) is 23.0 Å². The van der Waals surface area contributed by atoms with E-state index in [9.17, 15) is 4.79 Å². The maximum Gasteiger partial charge on any atom is 0.266 e. The molecule has 0 saturated carbocycles. The van der Waals surface area contributed by atoms with Crippen molar-refractivity contribution in [3.05, 3.63) is 44.7 Å². The van der Waals surface area contributed by atoms with Crippen LogP contribution in [0.1, 0.15) is 11.1 Å². The number of nitrogens with one attached hydrogen (secondary N) is 1. The standard InChI is InChI=1S/C11H7ClN2O/c1-6-8-4-7(12)2-3-10(8)14-11(15)9(6)5-13/h2-4H,1H3,(H,14,15).